The van der Waals surface area contributed by atoms with Crippen LogP contribution >= 0.6 is 0 Å². The first kappa shape index (κ1) is 22.3. The fraction of sp³-hybridized carbons (Fsp3) is 0.381. The number of aromatic nitrogens is 1. The predicted octanol–water partition coefficient (Wildman–Crippen LogP) is 2.11. The van der Waals surface area contributed by atoms with Crippen molar-refractivity contribution < 1.29 is 14.0 Å². The number of hydrogen-bond acceptors (Lipinski definition) is 4. The molecule has 156 valence electrons. The molecular weight excluding hydrogens is 373 g/mol. The Kier molecular flexibility index (Phi) is 8.09. The number of carbonyl (C=O) groups is 2. The molecule has 0 unspecified atom stereocenters. The highest BCUT2D eigenvalue weighted by molar-refractivity contribution is 5.94. The van der Waals surface area contributed by atoms with E-state index in [-0.39, 0.29) is 23.7 Å². The largest absolute Gasteiger partial charge is 0.355 e. The summed E-state index contributed by atoms with van der Waals surface area (Å²) in [6, 6.07) is 9.55. The predicted molar refractivity (Wildman–Crippen MR) is 110 cm³/mol. The molecule has 1 aromatic carbocycles. The van der Waals surface area contributed by atoms with E-state index >= 15 is 0 Å². The van der Waals surface area contributed by atoms with E-state index in [0.29, 0.717) is 13.0 Å². The Morgan fingerprint density at radius 1 is 1.21 bits per heavy atom. The lowest BCUT2D eigenvalue weighted by Gasteiger charge is -2.25. The fourth-order valence-corrected chi connectivity index (χ4v) is 2.88. The summed E-state index contributed by atoms with van der Waals surface area (Å²) in [4.78, 5) is 30.1. The van der Waals surface area contributed by atoms with Crippen molar-refractivity contribution in [2.45, 2.75) is 25.4 Å². The van der Waals surface area contributed by atoms with Crippen molar-refractivity contribution in [2.75, 3.05) is 27.7 Å². The third-order valence-corrected chi connectivity index (χ3v) is 4.68. The Morgan fingerprint density at radius 3 is 2.55 bits per heavy atom. The summed E-state index contributed by atoms with van der Waals surface area (Å²) in [5, 5.41) is 8.13. The Morgan fingerprint density at radius 2 is 1.97 bits per heavy atom. The summed E-state index contributed by atoms with van der Waals surface area (Å²) in [7, 11) is 5.26. The van der Waals surface area contributed by atoms with Gasteiger partial charge in [0.15, 0.2) is 0 Å². The van der Waals surface area contributed by atoms with Gasteiger partial charge in [0.05, 0.1) is 17.3 Å². The molecule has 1 aromatic heterocycles. The number of amides is 3. The van der Waals surface area contributed by atoms with E-state index in [1.54, 1.807) is 12.3 Å². The van der Waals surface area contributed by atoms with Crippen LogP contribution in [0.25, 0.3) is 0 Å². The van der Waals surface area contributed by atoms with Crippen LogP contribution in [0.3, 0.4) is 0 Å². The zero-order chi connectivity index (χ0) is 21.4. The van der Waals surface area contributed by atoms with Gasteiger partial charge in [-0.25, -0.2) is 9.18 Å². The Hall–Kier alpha value is -3.00. The molecule has 8 heteroatoms. The van der Waals surface area contributed by atoms with Crippen LogP contribution in [0.1, 0.15) is 34.6 Å². The summed E-state index contributed by atoms with van der Waals surface area (Å²) in [5.74, 6) is -1.02. The standard InChI is InChI=1S/C21H28FN5O2/c1-14(19-7-5-6-10-24-19)26-21(29)25-13-16(27(3)4)11-15-8-9-17(18(22)12-15)20(28)23-2/h5-10,12,14,16H,11,13H2,1-4H3,(H,23,28)(H2,25,26,29)/t14-,16-/m0/s1. The van der Waals surface area contributed by atoms with Crippen LogP contribution in [-0.4, -0.2) is 55.6 Å². The second-order valence-corrected chi connectivity index (χ2v) is 7.05. The highest BCUT2D eigenvalue weighted by Crippen LogP contribution is 2.14. The molecule has 2 atom stereocenters. The number of pyridine rings is 1. The molecule has 0 fully saturated rings. The number of urea groups is 1. The molecule has 0 bridgehead atoms. The summed E-state index contributed by atoms with van der Waals surface area (Å²) in [5.41, 5.74) is 1.54. The van der Waals surface area contributed by atoms with Gasteiger partial charge < -0.3 is 20.9 Å². The van der Waals surface area contributed by atoms with Crippen molar-refractivity contribution >= 4 is 11.9 Å². The normalized spacial score (nSPS) is 12.9. The van der Waals surface area contributed by atoms with Gasteiger partial charge in [-0.05, 0) is 57.3 Å². The number of rotatable bonds is 8. The van der Waals surface area contributed by atoms with Crippen molar-refractivity contribution in [3.8, 4) is 0 Å². The van der Waals surface area contributed by atoms with E-state index in [1.807, 2.05) is 44.1 Å². The number of halogens is 1. The second kappa shape index (κ2) is 10.5. The summed E-state index contributed by atoms with van der Waals surface area (Å²) < 4.78 is 14.2. The Bertz CT molecular complexity index is 829. The van der Waals surface area contributed by atoms with Crippen LogP contribution in [0.4, 0.5) is 9.18 Å². The van der Waals surface area contributed by atoms with E-state index in [1.165, 1.54) is 19.2 Å². The summed E-state index contributed by atoms with van der Waals surface area (Å²) in [6.45, 7) is 2.24. The summed E-state index contributed by atoms with van der Waals surface area (Å²) >= 11 is 0. The number of nitrogens with one attached hydrogen (secondary N) is 3. The molecule has 3 amide bonds. The highest BCUT2D eigenvalue weighted by Gasteiger charge is 2.17. The van der Waals surface area contributed by atoms with Crippen LogP contribution in [-0.2, 0) is 6.42 Å². The molecule has 0 aliphatic carbocycles. The molecule has 0 radical (unpaired) electrons. The number of carbonyl (C=O) groups excluding carboxylic acids is 2. The van der Waals surface area contributed by atoms with Crippen LogP contribution in [0.5, 0.6) is 0 Å². The molecular formula is C21H28FN5O2. The molecule has 0 saturated carbocycles. The minimum Gasteiger partial charge on any atom is -0.355 e. The van der Waals surface area contributed by atoms with Crippen molar-refractivity contribution in [3.05, 3.63) is 65.2 Å². The lowest BCUT2D eigenvalue weighted by molar-refractivity contribution is 0.0959. The van der Waals surface area contributed by atoms with E-state index < -0.39 is 11.7 Å². The molecule has 0 saturated heterocycles. The smallest absolute Gasteiger partial charge is 0.315 e. The van der Waals surface area contributed by atoms with Gasteiger partial charge in [0.1, 0.15) is 5.82 Å². The third-order valence-electron chi connectivity index (χ3n) is 4.68. The monoisotopic (exact) mass is 401 g/mol. The van der Waals surface area contributed by atoms with E-state index in [0.717, 1.165) is 11.3 Å². The van der Waals surface area contributed by atoms with Crippen molar-refractivity contribution in [2.24, 2.45) is 0 Å². The van der Waals surface area contributed by atoms with Crippen molar-refractivity contribution in [1.82, 2.24) is 25.8 Å². The molecule has 29 heavy (non-hydrogen) atoms. The first-order valence-corrected chi connectivity index (χ1v) is 9.44. The van der Waals surface area contributed by atoms with Crippen molar-refractivity contribution in [1.29, 1.82) is 0 Å². The molecule has 0 spiro atoms. The van der Waals surface area contributed by atoms with Gasteiger partial charge >= 0.3 is 6.03 Å². The quantitative estimate of drug-likeness (QED) is 0.632. The molecule has 0 aliphatic heterocycles. The van der Waals surface area contributed by atoms with Gasteiger partial charge in [-0.1, -0.05) is 12.1 Å². The van der Waals surface area contributed by atoms with E-state index in [4.69, 9.17) is 0 Å². The maximum absolute atomic E-state index is 14.2. The first-order chi connectivity index (χ1) is 13.8. The minimum atomic E-state index is -0.561. The van der Waals surface area contributed by atoms with Crippen LogP contribution < -0.4 is 16.0 Å². The average molecular weight is 401 g/mol. The summed E-state index contributed by atoms with van der Waals surface area (Å²) in [6.07, 6.45) is 2.20. The zero-order valence-electron chi connectivity index (χ0n) is 17.2. The molecule has 2 aromatic rings. The first-order valence-electron chi connectivity index (χ1n) is 9.44. The van der Waals surface area contributed by atoms with E-state index in [9.17, 15) is 14.0 Å². The molecule has 2 rings (SSSR count). The molecule has 1 heterocycles. The van der Waals surface area contributed by atoms with E-state index in [2.05, 4.69) is 20.9 Å². The van der Waals surface area contributed by atoms with Crippen LogP contribution in [0, 0.1) is 5.82 Å². The van der Waals surface area contributed by atoms with Crippen LogP contribution in [0.15, 0.2) is 42.6 Å². The lowest BCUT2D eigenvalue weighted by Crippen LogP contribution is -2.45. The number of likely N-dealkylation sites (N-methyl/N-ethyl adjacent to an activating group) is 1. The maximum Gasteiger partial charge on any atom is 0.315 e. The zero-order valence-corrected chi connectivity index (χ0v) is 17.2. The SMILES string of the molecule is CNC(=O)c1ccc(C[C@@H](CNC(=O)N[C@@H](C)c2ccccn2)N(C)C)cc1F. The third kappa shape index (κ3) is 6.53. The number of hydrogen-bond donors (Lipinski definition) is 3. The van der Waals surface area contributed by atoms with Gasteiger partial charge in [0, 0.05) is 25.8 Å². The fourth-order valence-electron chi connectivity index (χ4n) is 2.88. The lowest BCUT2D eigenvalue weighted by atomic mass is 10.0. The average Bonchev–Trinajstić information content (AvgIpc) is 2.71. The maximum atomic E-state index is 14.2. The minimum absolute atomic E-state index is 0.0127. The number of benzene rings is 1. The van der Waals surface area contributed by atoms with Gasteiger partial charge in [-0.15, -0.1) is 0 Å². The topological polar surface area (TPSA) is 86.4 Å². The highest BCUT2D eigenvalue weighted by atomic mass is 19.1. The second-order valence-electron chi connectivity index (χ2n) is 7.05. The molecule has 0 aliphatic rings. The molecule has 7 nitrogen and oxygen atoms in total. The number of nitrogens with zero attached hydrogens (tertiary/aromatic N) is 2. The van der Waals surface area contributed by atoms with Crippen molar-refractivity contribution in [3.63, 3.8) is 0 Å². The Labute approximate surface area is 170 Å². The molecule has 3 N–H and O–H groups in total. The van der Waals surface area contributed by atoms with Gasteiger partial charge in [-0.3, -0.25) is 9.78 Å². The van der Waals surface area contributed by atoms with Gasteiger partial charge in [0.25, 0.3) is 5.91 Å². The van der Waals surface area contributed by atoms with Crippen LogP contribution in [0.2, 0.25) is 0 Å². The van der Waals surface area contributed by atoms with Gasteiger partial charge in [-0.2, -0.15) is 0 Å². The van der Waals surface area contributed by atoms with Gasteiger partial charge in [0.2, 0.25) is 0 Å². The Balaban J connectivity index is 1.94.